The Bertz CT molecular complexity index is 837. The van der Waals surface area contributed by atoms with Crippen LogP contribution in [-0.4, -0.2) is 34.1 Å². The Morgan fingerprint density at radius 3 is 2.44 bits per heavy atom. The van der Waals surface area contributed by atoms with E-state index in [1.165, 1.54) is 32.1 Å². The van der Waals surface area contributed by atoms with E-state index < -0.39 is 12.0 Å². The summed E-state index contributed by atoms with van der Waals surface area (Å²) in [4.78, 5) is 18.7. The van der Waals surface area contributed by atoms with Crippen molar-refractivity contribution in [3.05, 3.63) is 21.7 Å². The van der Waals surface area contributed by atoms with E-state index in [1.807, 2.05) is 32.6 Å². The number of fused-ring (bicyclic) bond motifs is 5. The van der Waals surface area contributed by atoms with Crippen molar-refractivity contribution in [1.29, 1.82) is 0 Å². The molecule has 0 saturated heterocycles. The lowest BCUT2D eigenvalue weighted by Crippen LogP contribution is -2.55. The minimum atomic E-state index is -1.02. The molecule has 6 heteroatoms. The van der Waals surface area contributed by atoms with Gasteiger partial charge in [0.1, 0.15) is 0 Å². The zero-order valence-corrected chi connectivity index (χ0v) is 20.8. The number of hydrogen-bond donors (Lipinski definition) is 1. The first kappa shape index (κ1) is 23.6. The van der Waals surface area contributed by atoms with Crippen molar-refractivity contribution in [3.8, 4) is 0 Å². The largest absolute Gasteiger partial charge is 0.388 e. The number of hydrogen-bond acceptors (Lipinski definition) is 3. The van der Waals surface area contributed by atoms with Crippen LogP contribution < -0.4 is 0 Å². The molecule has 32 heavy (non-hydrogen) atoms. The highest BCUT2D eigenvalue weighted by Gasteiger charge is 2.59. The molecule has 3 saturated carbocycles. The van der Waals surface area contributed by atoms with Crippen molar-refractivity contribution >= 4 is 5.91 Å². The van der Waals surface area contributed by atoms with Crippen LogP contribution in [0.15, 0.2) is 16.4 Å². The standard InChI is InChI=1S/C26H42N4O2/c1-15(2)30(16(3)4)24(32)18-14-26(6)20-11-13-25(5)12-7-8-19(25)17(20)9-10-21(26)22(23(18)31)28-29-27/h15-20,23,31H,7-14H2,1-6H3/t17-,18?,19-,20+,23?,25-,26+/m0/s1. The summed E-state index contributed by atoms with van der Waals surface area (Å²) in [5.74, 6) is 1.39. The second kappa shape index (κ2) is 8.36. The summed E-state index contributed by atoms with van der Waals surface area (Å²) in [6.45, 7) is 12.9. The average molecular weight is 443 g/mol. The lowest BCUT2D eigenvalue weighted by Gasteiger charge is -2.59. The highest BCUT2D eigenvalue weighted by atomic mass is 16.3. The number of rotatable bonds is 4. The van der Waals surface area contributed by atoms with Gasteiger partial charge in [0.25, 0.3) is 0 Å². The Morgan fingerprint density at radius 1 is 1.12 bits per heavy atom. The van der Waals surface area contributed by atoms with Crippen LogP contribution >= 0.6 is 0 Å². The number of allylic oxidation sites excluding steroid dienone is 1. The van der Waals surface area contributed by atoms with Gasteiger partial charge in [-0.1, -0.05) is 31.0 Å². The summed E-state index contributed by atoms with van der Waals surface area (Å²) in [6, 6.07) is 0.118. The number of aliphatic hydroxyl groups excluding tert-OH is 1. The van der Waals surface area contributed by atoms with Gasteiger partial charge >= 0.3 is 0 Å². The van der Waals surface area contributed by atoms with E-state index in [9.17, 15) is 15.4 Å². The van der Waals surface area contributed by atoms with Crippen LogP contribution in [0.2, 0.25) is 0 Å². The van der Waals surface area contributed by atoms with Crippen molar-refractivity contribution in [3.63, 3.8) is 0 Å². The smallest absolute Gasteiger partial charge is 0.229 e. The van der Waals surface area contributed by atoms with Crippen molar-refractivity contribution in [2.75, 3.05) is 0 Å². The predicted molar refractivity (Wildman–Crippen MR) is 126 cm³/mol. The zero-order valence-electron chi connectivity index (χ0n) is 20.8. The molecule has 0 aromatic rings. The predicted octanol–water partition coefficient (Wildman–Crippen LogP) is 6.21. The van der Waals surface area contributed by atoms with Gasteiger partial charge in [0, 0.05) is 22.7 Å². The maximum Gasteiger partial charge on any atom is 0.229 e. The highest BCUT2D eigenvalue weighted by Crippen LogP contribution is 2.66. The topological polar surface area (TPSA) is 89.3 Å². The Kier molecular flexibility index (Phi) is 6.17. The molecule has 4 aliphatic carbocycles. The molecule has 178 valence electrons. The molecule has 3 fully saturated rings. The van der Waals surface area contributed by atoms with Gasteiger partial charge in [-0.15, -0.1) is 0 Å². The SMILES string of the molecule is CC(C)N(C(=O)C1C[C@@]2(C)C(=C(N=[N+]=[N-])C1O)CC[C@@H]1[C@H]2CC[C@]2(C)CCC[C@@H]12)C(C)C. The van der Waals surface area contributed by atoms with E-state index in [-0.39, 0.29) is 23.4 Å². The minimum absolute atomic E-state index is 0.00273. The van der Waals surface area contributed by atoms with Crippen LogP contribution in [0, 0.1) is 34.5 Å². The molecule has 0 aliphatic heterocycles. The second-order valence-corrected chi connectivity index (χ2v) is 12.2. The first-order valence-corrected chi connectivity index (χ1v) is 12.8. The molecular weight excluding hydrogens is 400 g/mol. The fourth-order valence-electron chi connectivity index (χ4n) is 8.61. The monoisotopic (exact) mass is 442 g/mol. The second-order valence-electron chi connectivity index (χ2n) is 12.2. The fraction of sp³-hybridized carbons (Fsp3) is 0.885. The van der Waals surface area contributed by atoms with Crippen LogP contribution in [-0.2, 0) is 4.79 Å². The third-order valence-electron chi connectivity index (χ3n) is 9.90. The lowest BCUT2D eigenvalue weighted by molar-refractivity contribution is -0.146. The summed E-state index contributed by atoms with van der Waals surface area (Å²) in [5.41, 5.74) is 11.2. The van der Waals surface area contributed by atoms with Crippen molar-refractivity contribution < 1.29 is 9.90 Å². The van der Waals surface area contributed by atoms with Gasteiger partial charge in [0.15, 0.2) is 0 Å². The summed E-state index contributed by atoms with van der Waals surface area (Å²) >= 11 is 0. The maximum absolute atomic E-state index is 13.8. The quantitative estimate of drug-likeness (QED) is 0.318. The molecule has 0 bridgehead atoms. The van der Waals surface area contributed by atoms with E-state index in [0.29, 0.717) is 29.4 Å². The van der Waals surface area contributed by atoms with Gasteiger partial charge in [0.05, 0.1) is 12.0 Å². The summed E-state index contributed by atoms with van der Waals surface area (Å²) in [7, 11) is 0. The van der Waals surface area contributed by atoms with Gasteiger partial charge in [-0.25, -0.2) is 0 Å². The minimum Gasteiger partial charge on any atom is -0.388 e. The third-order valence-corrected chi connectivity index (χ3v) is 9.90. The molecule has 4 aliphatic rings. The van der Waals surface area contributed by atoms with Gasteiger partial charge in [-0.2, -0.15) is 0 Å². The Balaban J connectivity index is 1.75. The number of carbonyl (C=O) groups is 1. The number of nitrogens with zero attached hydrogens (tertiary/aromatic N) is 4. The summed E-state index contributed by atoms with van der Waals surface area (Å²) < 4.78 is 0. The molecule has 2 unspecified atom stereocenters. The third kappa shape index (κ3) is 3.49. The Labute approximate surface area is 193 Å². The number of amides is 1. The molecule has 0 heterocycles. The van der Waals surface area contributed by atoms with Crippen LogP contribution in [0.4, 0.5) is 0 Å². The van der Waals surface area contributed by atoms with Crippen molar-refractivity contribution in [2.24, 2.45) is 39.6 Å². The molecule has 7 atom stereocenters. The first-order chi connectivity index (χ1) is 15.0. The Hall–Kier alpha value is -1.52. The van der Waals surface area contributed by atoms with E-state index in [4.69, 9.17) is 0 Å². The normalized spacial score (nSPS) is 41.1. The first-order valence-electron chi connectivity index (χ1n) is 12.8. The van der Waals surface area contributed by atoms with Crippen LogP contribution in [0.25, 0.3) is 10.4 Å². The van der Waals surface area contributed by atoms with Crippen LogP contribution in [0.1, 0.15) is 92.9 Å². The fourth-order valence-corrected chi connectivity index (χ4v) is 8.61. The number of carbonyl (C=O) groups excluding carboxylic acids is 1. The van der Waals surface area contributed by atoms with Gasteiger partial charge < -0.3 is 10.0 Å². The van der Waals surface area contributed by atoms with E-state index in [2.05, 4.69) is 23.9 Å². The maximum atomic E-state index is 13.8. The highest BCUT2D eigenvalue weighted by molar-refractivity contribution is 5.81. The summed E-state index contributed by atoms with van der Waals surface area (Å²) in [6.07, 6.45) is 8.10. The van der Waals surface area contributed by atoms with Gasteiger partial charge in [-0.3, -0.25) is 4.79 Å². The van der Waals surface area contributed by atoms with Gasteiger partial charge in [0.2, 0.25) is 5.91 Å². The molecule has 4 rings (SSSR count). The zero-order chi connectivity index (χ0) is 23.4. The molecule has 0 aromatic heterocycles. The number of azide groups is 1. The molecule has 0 radical (unpaired) electrons. The van der Waals surface area contributed by atoms with Crippen molar-refractivity contribution in [1.82, 2.24) is 4.90 Å². The van der Waals surface area contributed by atoms with E-state index >= 15 is 0 Å². The summed E-state index contributed by atoms with van der Waals surface area (Å²) in [5, 5.41) is 15.3. The molecule has 0 spiro atoms. The lowest BCUT2D eigenvalue weighted by atomic mass is 9.46. The van der Waals surface area contributed by atoms with Gasteiger partial charge in [-0.05, 0) is 107 Å². The van der Waals surface area contributed by atoms with Crippen LogP contribution in [0.3, 0.4) is 0 Å². The van der Waals surface area contributed by atoms with Crippen LogP contribution in [0.5, 0.6) is 0 Å². The average Bonchev–Trinajstić information content (AvgIpc) is 3.11. The molecular formula is C26H42N4O2. The molecule has 1 amide bonds. The van der Waals surface area contributed by atoms with Crippen molar-refractivity contribution in [2.45, 2.75) is 111 Å². The van der Waals surface area contributed by atoms with E-state index in [1.54, 1.807) is 0 Å². The molecule has 1 N–H and O–H groups in total. The molecule has 0 aromatic carbocycles. The Morgan fingerprint density at radius 2 is 1.81 bits per heavy atom. The van der Waals surface area contributed by atoms with E-state index in [0.717, 1.165) is 24.3 Å². The molecule has 6 nitrogen and oxygen atoms in total. The number of aliphatic hydroxyl groups is 1.